The fraction of sp³-hybridized carbons (Fsp3) is 0.290. The number of hydrogen-bond acceptors (Lipinski definition) is 7. The zero-order valence-electron chi connectivity index (χ0n) is 23.3. The lowest BCUT2D eigenvalue weighted by Gasteiger charge is -2.28. The maximum Gasteiger partial charge on any atom is 0.183 e. The van der Waals surface area contributed by atoms with Crippen molar-refractivity contribution < 1.29 is 13.5 Å². The Kier molecular flexibility index (Phi) is 7.32. The third-order valence-corrected chi connectivity index (χ3v) is 7.35. The lowest BCUT2D eigenvalue weighted by atomic mass is 10.1. The van der Waals surface area contributed by atoms with Crippen LogP contribution in [-0.4, -0.2) is 49.3 Å². The standard InChI is InChI=1S/C31H31F2N7O/c1-4-39-13-11-27-24(17-39)30(35-20-10-12-34-19(3)14-20)37-31(36-27)29-22-8-6-7-9-28(22)40(38-29)18-23-25(32)15-21(41-5-2)16-26(23)33/h6-10,12,14-16H,4-5,11,13,17-18H2,1-3H3,(H,34,35,36,37). The zero-order chi connectivity index (χ0) is 28.5. The number of fused-ring (bicyclic) bond motifs is 2. The van der Waals surface area contributed by atoms with E-state index in [0.29, 0.717) is 18.1 Å². The molecule has 5 aromatic rings. The average molecular weight is 556 g/mol. The van der Waals surface area contributed by atoms with E-state index in [2.05, 4.69) is 22.1 Å². The number of aryl methyl sites for hydroxylation is 1. The second-order valence-corrected chi connectivity index (χ2v) is 10.1. The van der Waals surface area contributed by atoms with E-state index in [1.807, 2.05) is 43.3 Å². The number of rotatable bonds is 8. The predicted molar refractivity (Wildman–Crippen MR) is 154 cm³/mol. The van der Waals surface area contributed by atoms with Crippen molar-refractivity contribution >= 4 is 22.4 Å². The van der Waals surface area contributed by atoms with Gasteiger partial charge in [-0.1, -0.05) is 25.1 Å². The molecule has 3 aromatic heterocycles. The van der Waals surface area contributed by atoms with Gasteiger partial charge in [0.1, 0.15) is 28.9 Å². The first-order valence-corrected chi connectivity index (χ1v) is 13.8. The molecule has 0 radical (unpaired) electrons. The first-order chi connectivity index (χ1) is 19.9. The van der Waals surface area contributed by atoms with Crippen LogP contribution in [0.15, 0.2) is 54.7 Å². The second kappa shape index (κ2) is 11.2. The monoisotopic (exact) mass is 555 g/mol. The highest BCUT2D eigenvalue weighted by molar-refractivity contribution is 5.92. The summed E-state index contributed by atoms with van der Waals surface area (Å²) in [5, 5.41) is 9.11. The number of benzene rings is 2. The smallest absolute Gasteiger partial charge is 0.183 e. The molecule has 1 N–H and O–H groups in total. The minimum atomic E-state index is -0.681. The van der Waals surface area contributed by atoms with Crippen molar-refractivity contribution in [3.05, 3.63) is 88.9 Å². The van der Waals surface area contributed by atoms with Crippen molar-refractivity contribution in [1.82, 2.24) is 29.6 Å². The highest BCUT2D eigenvalue weighted by atomic mass is 19.1. The van der Waals surface area contributed by atoms with E-state index in [4.69, 9.17) is 19.8 Å². The Morgan fingerprint density at radius 1 is 1.02 bits per heavy atom. The molecule has 0 spiro atoms. The Balaban J connectivity index is 1.45. The molecule has 41 heavy (non-hydrogen) atoms. The Hall–Kier alpha value is -4.44. The molecule has 0 saturated heterocycles. The van der Waals surface area contributed by atoms with Crippen LogP contribution >= 0.6 is 0 Å². The quantitative estimate of drug-likeness (QED) is 0.250. The molecular formula is C31H31F2N7O. The number of para-hydroxylation sites is 1. The molecule has 210 valence electrons. The van der Waals surface area contributed by atoms with Gasteiger partial charge in [0.15, 0.2) is 5.82 Å². The van der Waals surface area contributed by atoms with Crippen LogP contribution < -0.4 is 10.1 Å². The summed E-state index contributed by atoms with van der Waals surface area (Å²) in [4.78, 5) is 16.6. The highest BCUT2D eigenvalue weighted by Gasteiger charge is 2.25. The van der Waals surface area contributed by atoms with Crippen LogP contribution in [0.1, 0.15) is 36.4 Å². The lowest BCUT2D eigenvalue weighted by molar-refractivity contribution is 0.266. The zero-order valence-corrected chi connectivity index (χ0v) is 23.3. The molecule has 10 heteroatoms. The third-order valence-electron chi connectivity index (χ3n) is 7.35. The molecule has 8 nitrogen and oxygen atoms in total. The van der Waals surface area contributed by atoms with Crippen molar-refractivity contribution in [2.24, 2.45) is 0 Å². The van der Waals surface area contributed by atoms with Gasteiger partial charge in [0, 0.05) is 65.7 Å². The van der Waals surface area contributed by atoms with Crippen molar-refractivity contribution in [2.45, 2.75) is 40.3 Å². The van der Waals surface area contributed by atoms with E-state index in [9.17, 15) is 8.78 Å². The van der Waals surface area contributed by atoms with Gasteiger partial charge in [0.25, 0.3) is 0 Å². The number of aromatic nitrogens is 5. The summed E-state index contributed by atoms with van der Waals surface area (Å²) in [6.45, 7) is 8.66. The summed E-state index contributed by atoms with van der Waals surface area (Å²) < 4.78 is 36.9. The molecule has 1 aliphatic rings. The van der Waals surface area contributed by atoms with Gasteiger partial charge >= 0.3 is 0 Å². The SMILES string of the molecule is CCOc1cc(F)c(Cn2nc(-c3nc4c(c(Nc5ccnc(C)c5)n3)CN(CC)CC4)c3ccccc32)c(F)c1. The minimum absolute atomic E-state index is 0.0883. The Morgan fingerprint density at radius 2 is 1.83 bits per heavy atom. The molecule has 0 unspecified atom stereocenters. The maximum atomic E-state index is 15.0. The van der Waals surface area contributed by atoms with E-state index >= 15 is 0 Å². The van der Waals surface area contributed by atoms with Crippen LogP contribution in [0, 0.1) is 18.6 Å². The minimum Gasteiger partial charge on any atom is -0.494 e. The van der Waals surface area contributed by atoms with Gasteiger partial charge in [-0.25, -0.2) is 18.7 Å². The predicted octanol–water partition coefficient (Wildman–Crippen LogP) is 6.04. The topological polar surface area (TPSA) is 81.0 Å². The van der Waals surface area contributed by atoms with Gasteiger partial charge in [-0.3, -0.25) is 14.6 Å². The van der Waals surface area contributed by atoms with Crippen molar-refractivity contribution in [3.63, 3.8) is 0 Å². The molecule has 0 aliphatic carbocycles. The first-order valence-electron chi connectivity index (χ1n) is 13.8. The molecule has 6 rings (SSSR count). The second-order valence-electron chi connectivity index (χ2n) is 10.1. The summed E-state index contributed by atoms with van der Waals surface area (Å²) in [7, 11) is 0. The van der Waals surface area contributed by atoms with Crippen LogP contribution in [0.5, 0.6) is 5.75 Å². The van der Waals surface area contributed by atoms with Crippen molar-refractivity contribution in [1.29, 1.82) is 0 Å². The number of likely N-dealkylation sites (N-methyl/N-ethyl adjacent to an activating group) is 1. The van der Waals surface area contributed by atoms with E-state index in [-0.39, 0.29) is 17.9 Å². The van der Waals surface area contributed by atoms with Gasteiger partial charge < -0.3 is 10.1 Å². The Bertz CT molecular complexity index is 1710. The van der Waals surface area contributed by atoms with Gasteiger partial charge in [0.05, 0.1) is 24.4 Å². The molecule has 4 heterocycles. The summed E-state index contributed by atoms with van der Waals surface area (Å²) in [5.74, 6) is -0.0234. The highest BCUT2D eigenvalue weighted by Crippen LogP contribution is 2.33. The van der Waals surface area contributed by atoms with Crippen LogP contribution in [0.4, 0.5) is 20.3 Å². The first kappa shape index (κ1) is 26.8. The summed E-state index contributed by atoms with van der Waals surface area (Å²) in [5.41, 5.74) is 5.00. The average Bonchev–Trinajstić information content (AvgIpc) is 3.33. The molecule has 0 fully saturated rings. The summed E-state index contributed by atoms with van der Waals surface area (Å²) >= 11 is 0. The number of pyridine rings is 1. The van der Waals surface area contributed by atoms with Crippen LogP contribution in [0.25, 0.3) is 22.4 Å². The molecule has 0 bridgehead atoms. The van der Waals surface area contributed by atoms with Gasteiger partial charge in [-0.2, -0.15) is 5.10 Å². The van der Waals surface area contributed by atoms with Crippen LogP contribution in [0.3, 0.4) is 0 Å². The van der Waals surface area contributed by atoms with E-state index in [1.165, 1.54) is 12.1 Å². The maximum absolute atomic E-state index is 15.0. The van der Waals surface area contributed by atoms with Crippen LogP contribution in [-0.2, 0) is 19.5 Å². The normalized spacial score (nSPS) is 13.4. The number of nitrogens with zero attached hydrogens (tertiary/aromatic N) is 6. The summed E-state index contributed by atoms with van der Waals surface area (Å²) in [6, 6.07) is 13.9. The van der Waals surface area contributed by atoms with Crippen molar-refractivity contribution in [2.75, 3.05) is 25.0 Å². The summed E-state index contributed by atoms with van der Waals surface area (Å²) in [6.07, 6.45) is 2.54. The number of ether oxygens (including phenoxy) is 1. The number of anilines is 2. The molecular weight excluding hydrogens is 524 g/mol. The Morgan fingerprint density at radius 3 is 2.59 bits per heavy atom. The fourth-order valence-electron chi connectivity index (χ4n) is 5.25. The largest absolute Gasteiger partial charge is 0.494 e. The number of nitrogens with one attached hydrogen (secondary N) is 1. The van der Waals surface area contributed by atoms with E-state index in [0.717, 1.165) is 65.4 Å². The van der Waals surface area contributed by atoms with E-state index < -0.39 is 11.6 Å². The van der Waals surface area contributed by atoms with Crippen LogP contribution in [0.2, 0.25) is 0 Å². The van der Waals surface area contributed by atoms with Gasteiger partial charge in [0.2, 0.25) is 0 Å². The number of halogens is 2. The molecule has 0 amide bonds. The molecule has 2 aromatic carbocycles. The third kappa shape index (κ3) is 5.35. The van der Waals surface area contributed by atoms with E-state index in [1.54, 1.807) is 17.8 Å². The van der Waals surface area contributed by atoms with Gasteiger partial charge in [-0.05, 0) is 38.6 Å². The lowest BCUT2D eigenvalue weighted by Crippen LogP contribution is -2.31. The molecule has 0 saturated carbocycles. The fourth-order valence-corrected chi connectivity index (χ4v) is 5.25. The van der Waals surface area contributed by atoms with Crippen molar-refractivity contribution in [3.8, 4) is 17.3 Å². The number of hydrogen-bond donors (Lipinski definition) is 1. The van der Waals surface area contributed by atoms with Gasteiger partial charge in [-0.15, -0.1) is 0 Å². The molecule has 0 atom stereocenters. The Labute approximate surface area is 237 Å². The molecule has 1 aliphatic heterocycles.